The van der Waals surface area contributed by atoms with Crippen molar-refractivity contribution in [3.8, 4) is 0 Å². The first-order valence-corrected chi connectivity index (χ1v) is 5.16. The molecule has 0 saturated heterocycles. The molecule has 3 atom stereocenters. The van der Waals surface area contributed by atoms with Crippen molar-refractivity contribution in [2.75, 3.05) is 6.54 Å². The average molecular weight is 174 g/mol. The van der Waals surface area contributed by atoms with Crippen LogP contribution in [0.4, 0.5) is 0 Å². The Hall–Kier alpha value is -0.920. The maximum atomic E-state index is 4.75. The molecule has 2 nitrogen and oxygen atoms in total. The van der Waals surface area contributed by atoms with Crippen molar-refractivity contribution in [3.05, 3.63) is 12.2 Å². The van der Waals surface area contributed by atoms with E-state index in [2.05, 4.69) is 23.4 Å². The lowest BCUT2D eigenvalue weighted by molar-refractivity contribution is 0.382. The van der Waals surface area contributed by atoms with E-state index >= 15 is 0 Å². The fourth-order valence-electron chi connectivity index (χ4n) is 2.77. The second-order valence-corrected chi connectivity index (χ2v) is 4.15. The van der Waals surface area contributed by atoms with Gasteiger partial charge in [0.05, 0.1) is 12.6 Å². The molecule has 68 valence electrons. The van der Waals surface area contributed by atoms with Crippen molar-refractivity contribution in [2.24, 2.45) is 21.8 Å². The topological polar surface area (TPSA) is 24.7 Å². The lowest BCUT2D eigenvalue weighted by atomic mass is 9.78. The van der Waals surface area contributed by atoms with Crippen LogP contribution in [0.15, 0.2) is 22.1 Å². The molecule has 2 heteroatoms. The van der Waals surface area contributed by atoms with Gasteiger partial charge >= 0.3 is 0 Å². The molecule has 3 unspecified atom stereocenters. The number of hydrogen-bond acceptors (Lipinski definition) is 2. The fourth-order valence-corrected chi connectivity index (χ4v) is 2.77. The number of nitrogens with zero attached hydrogens (tertiary/aromatic N) is 2. The summed E-state index contributed by atoms with van der Waals surface area (Å²) in [5.41, 5.74) is 1.36. The molecule has 2 aliphatic heterocycles. The summed E-state index contributed by atoms with van der Waals surface area (Å²) in [6.45, 7) is 0.867. The summed E-state index contributed by atoms with van der Waals surface area (Å²) >= 11 is 0. The predicted octanol–water partition coefficient (Wildman–Crippen LogP) is 1.87. The minimum Gasteiger partial charge on any atom is -0.291 e. The van der Waals surface area contributed by atoms with E-state index in [9.17, 15) is 0 Å². The van der Waals surface area contributed by atoms with Gasteiger partial charge in [0.2, 0.25) is 0 Å². The van der Waals surface area contributed by atoms with E-state index in [1.54, 1.807) is 0 Å². The zero-order chi connectivity index (χ0) is 8.67. The van der Waals surface area contributed by atoms with Crippen LogP contribution in [-0.4, -0.2) is 24.5 Å². The van der Waals surface area contributed by atoms with Gasteiger partial charge in [0.1, 0.15) is 0 Å². The highest BCUT2D eigenvalue weighted by Gasteiger charge is 2.38. The number of fused-ring (bicyclic) bond motifs is 3. The Morgan fingerprint density at radius 3 is 3.38 bits per heavy atom. The van der Waals surface area contributed by atoms with Gasteiger partial charge < -0.3 is 0 Å². The van der Waals surface area contributed by atoms with E-state index in [1.165, 1.54) is 18.6 Å². The summed E-state index contributed by atoms with van der Waals surface area (Å²) < 4.78 is 0. The average Bonchev–Trinajstić information content (AvgIpc) is 2.56. The van der Waals surface area contributed by atoms with Gasteiger partial charge in [0.15, 0.2) is 0 Å². The molecule has 1 aliphatic carbocycles. The third-order valence-corrected chi connectivity index (χ3v) is 3.44. The Labute approximate surface area is 78.5 Å². The summed E-state index contributed by atoms with van der Waals surface area (Å²) in [5, 5.41) is 0. The van der Waals surface area contributed by atoms with Crippen molar-refractivity contribution >= 4 is 11.9 Å². The number of rotatable bonds is 0. The van der Waals surface area contributed by atoms with Gasteiger partial charge in [-0.05, 0) is 31.4 Å². The van der Waals surface area contributed by atoms with Crippen LogP contribution < -0.4 is 0 Å². The van der Waals surface area contributed by atoms with Crippen LogP contribution in [0.3, 0.4) is 0 Å². The second-order valence-electron chi connectivity index (χ2n) is 4.15. The van der Waals surface area contributed by atoms with E-state index in [-0.39, 0.29) is 0 Å². The third kappa shape index (κ3) is 1.08. The van der Waals surface area contributed by atoms with Gasteiger partial charge in [-0.1, -0.05) is 12.2 Å². The van der Waals surface area contributed by atoms with Crippen molar-refractivity contribution < 1.29 is 0 Å². The van der Waals surface area contributed by atoms with Gasteiger partial charge in [-0.25, -0.2) is 0 Å². The Balaban J connectivity index is 1.92. The van der Waals surface area contributed by atoms with Crippen LogP contribution in [0.1, 0.15) is 19.3 Å². The number of aliphatic imine (C=N–C) groups is 2. The van der Waals surface area contributed by atoms with Gasteiger partial charge in [-0.15, -0.1) is 0 Å². The van der Waals surface area contributed by atoms with Crippen LogP contribution in [0.25, 0.3) is 0 Å². The summed E-state index contributed by atoms with van der Waals surface area (Å²) in [4.78, 5) is 9.05. The van der Waals surface area contributed by atoms with Gasteiger partial charge in [0.25, 0.3) is 0 Å². The maximum Gasteiger partial charge on any atom is 0.0767 e. The highest BCUT2D eigenvalue weighted by molar-refractivity contribution is 5.95. The van der Waals surface area contributed by atoms with Gasteiger partial charge in [0, 0.05) is 11.6 Å². The Morgan fingerprint density at radius 2 is 2.38 bits per heavy atom. The second kappa shape index (κ2) is 2.79. The molecule has 13 heavy (non-hydrogen) atoms. The largest absolute Gasteiger partial charge is 0.291 e. The molecule has 0 bridgehead atoms. The summed E-state index contributed by atoms with van der Waals surface area (Å²) in [6, 6.07) is 0.496. The zero-order valence-corrected chi connectivity index (χ0v) is 7.69. The molecule has 3 rings (SSSR count). The summed E-state index contributed by atoms with van der Waals surface area (Å²) in [7, 11) is 0. The Bertz CT molecular complexity index is 301. The minimum atomic E-state index is 0.496. The lowest BCUT2D eigenvalue weighted by Crippen LogP contribution is -2.27. The quantitative estimate of drug-likeness (QED) is 0.501. The van der Waals surface area contributed by atoms with E-state index in [0.29, 0.717) is 6.04 Å². The molecule has 2 heterocycles. The van der Waals surface area contributed by atoms with Crippen molar-refractivity contribution in [1.82, 2.24) is 0 Å². The van der Waals surface area contributed by atoms with Crippen molar-refractivity contribution in [3.63, 3.8) is 0 Å². The molecule has 0 saturated carbocycles. The molecule has 0 fully saturated rings. The van der Waals surface area contributed by atoms with E-state index in [0.717, 1.165) is 24.8 Å². The fraction of sp³-hybridized carbons (Fsp3) is 0.636. The monoisotopic (exact) mass is 174 g/mol. The van der Waals surface area contributed by atoms with E-state index in [1.807, 2.05) is 0 Å². The van der Waals surface area contributed by atoms with Crippen LogP contribution in [0.2, 0.25) is 0 Å². The predicted molar refractivity (Wildman–Crippen MR) is 54.6 cm³/mol. The third-order valence-electron chi connectivity index (χ3n) is 3.44. The van der Waals surface area contributed by atoms with Crippen LogP contribution in [0, 0.1) is 11.8 Å². The summed E-state index contributed by atoms with van der Waals surface area (Å²) in [6.07, 6.45) is 10.4. The first-order chi connectivity index (χ1) is 6.45. The maximum absolute atomic E-state index is 4.75. The van der Waals surface area contributed by atoms with E-state index in [4.69, 9.17) is 4.99 Å². The normalized spacial score (nSPS) is 41.2. The molecule has 0 aromatic carbocycles. The van der Waals surface area contributed by atoms with Crippen LogP contribution >= 0.6 is 0 Å². The Morgan fingerprint density at radius 1 is 1.38 bits per heavy atom. The molecule has 0 aromatic rings. The van der Waals surface area contributed by atoms with Gasteiger partial charge in [-0.2, -0.15) is 0 Å². The first kappa shape index (κ1) is 7.48. The highest BCUT2D eigenvalue weighted by Crippen LogP contribution is 2.37. The molecular weight excluding hydrogens is 160 g/mol. The highest BCUT2D eigenvalue weighted by atomic mass is 14.9. The molecule has 0 radical (unpaired) electrons. The minimum absolute atomic E-state index is 0.496. The number of allylic oxidation sites excluding steroid dienone is 1. The smallest absolute Gasteiger partial charge is 0.0767 e. The van der Waals surface area contributed by atoms with Gasteiger partial charge in [-0.3, -0.25) is 9.98 Å². The molecule has 0 aromatic heterocycles. The van der Waals surface area contributed by atoms with Crippen LogP contribution in [-0.2, 0) is 0 Å². The standard InChI is InChI=1S/C11H14N2/c1-2-4-10-8(3-1)9-5-6-12-7-11(9)13-10/h2,4,6,8-10H,1,3,5,7H2. The molecule has 0 amide bonds. The SMILES string of the molecule is C1=CC2N=C3CN=CCC3C2CC1. The summed E-state index contributed by atoms with van der Waals surface area (Å²) in [5.74, 6) is 1.53. The first-order valence-electron chi connectivity index (χ1n) is 5.16. The Kier molecular flexibility index (Phi) is 1.61. The lowest BCUT2D eigenvalue weighted by Gasteiger charge is -2.25. The van der Waals surface area contributed by atoms with Crippen molar-refractivity contribution in [1.29, 1.82) is 0 Å². The number of hydrogen-bond donors (Lipinski definition) is 0. The molecule has 0 N–H and O–H groups in total. The zero-order valence-electron chi connectivity index (χ0n) is 7.69. The van der Waals surface area contributed by atoms with Crippen molar-refractivity contribution in [2.45, 2.75) is 25.3 Å². The van der Waals surface area contributed by atoms with E-state index < -0.39 is 0 Å². The molecule has 3 aliphatic rings. The molecule has 0 spiro atoms. The molecular formula is C11H14N2. The van der Waals surface area contributed by atoms with Crippen LogP contribution in [0.5, 0.6) is 0 Å².